The summed E-state index contributed by atoms with van der Waals surface area (Å²) < 4.78 is 10.9. The Labute approximate surface area is 72.5 Å². The maximum absolute atomic E-state index is 5.53. The fraction of sp³-hybridized carbons (Fsp3) is 0.875. The van der Waals surface area contributed by atoms with Crippen molar-refractivity contribution in [2.45, 2.75) is 32.2 Å². The molecule has 4 heteroatoms. The van der Waals surface area contributed by atoms with Crippen molar-refractivity contribution in [1.82, 2.24) is 0 Å². The third-order valence-electron chi connectivity index (χ3n) is 1.69. The molecule has 0 aromatic carbocycles. The number of nitrogens with zero attached hydrogens (tertiary/aromatic N) is 1. The van der Waals surface area contributed by atoms with Crippen LogP contribution in [0.25, 0.3) is 0 Å². The molecule has 0 amide bonds. The van der Waals surface area contributed by atoms with Gasteiger partial charge in [-0.05, 0) is 13.8 Å². The van der Waals surface area contributed by atoms with Crippen molar-refractivity contribution in [2.24, 2.45) is 5.16 Å². The molecule has 1 saturated heterocycles. The van der Waals surface area contributed by atoms with Crippen molar-refractivity contribution >= 4 is 6.72 Å². The van der Waals surface area contributed by atoms with Gasteiger partial charge in [0.15, 0.2) is 5.79 Å². The SMILES string of the molecule is C=NOCC[C@H]1COC(C)(C)O1. The summed E-state index contributed by atoms with van der Waals surface area (Å²) in [6.07, 6.45) is 0.921. The Kier molecular flexibility index (Phi) is 3.05. The summed E-state index contributed by atoms with van der Waals surface area (Å²) >= 11 is 0. The normalized spacial score (nSPS) is 27.0. The molecule has 0 saturated carbocycles. The Balaban J connectivity index is 2.15. The van der Waals surface area contributed by atoms with E-state index in [0.717, 1.165) is 6.42 Å². The smallest absolute Gasteiger partial charge is 0.163 e. The van der Waals surface area contributed by atoms with Crippen LogP contribution in [-0.2, 0) is 14.3 Å². The quantitative estimate of drug-likeness (QED) is 0.364. The molecule has 12 heavy (non-hydrogen) atoms. The lowest BCUT2D eigenvalue weighted by molar-refractivity contribution is -0.140. The topological polar surface area (TPSA) is 40.0 Å². The minimum absolute atomic E-state index is 0.127. The maximum Gasteiger partial charge on any atom is 0.163 e. The van der Waals surface area contributed by atoms with Crippen molar-refractivity contribution < 1.29 is 14.3 Å². The summed E-state index contributed by atoms with van der Waals surface area (Å²) in [7, 11) is 0. The highest BCUT2D eigenvalue weighted by Gasteiger charge is 2.32. The number of hydrogen-bond donors (Lipinski definition) is 0. The van der Waals surface area contributed by atoms with E-state index in [9.17, 15) is 0 Å². The van der Waals surface area contributed by atoms with Crippen LogP contribution in [0, 0.1) is 0 Å². The van der Waals surface area contributed by atoms with Gasteiger partial charge in [0.2, 0.25) is 0 Å². The van der Waals surface area contributed by atoms with Crippen LogP contribution in [0.2, 0.25) is 0 Å². The Morgan fingerprint density at radius 3 is 2.92 bits per heavy atom. The van der Waals surface area contributed by atoms with Crippen LogP contribution in [0.4, 0.5) is 0 Å². The summed E-state index contributed by atoms with van der Waals surface area (Å²) in [5, 5.41) is 3.29. The van der Waals surface area contributed by atoms with E-state index < -0.39 is 5.79 Å². The molecule has 0 spiro atoms. The standard InChI is InChI=1S/C8H15NO3/c1-8(2)10-6-7(12-8)4-5-11-9-3/h7H,3-6H2,1-2H3/t7-/m0/s1. The Morgan fingerprint density at radius 2 is 2.42 bits per heavy atom. The lowest BCUT2D eigenvalue weighted by Gasteiger charge is -2.16. The average molecular weight is 173 g/mol. The third kappa shape index (κ3) is 2.79. The maximum atomic E-state index is 5.53. The minimum atomic E-state index is -0.438. The van der Waals surface area contributed by atoms with E-state index in [2.05, 4.69) is 11.9 Å². The van der Waals surface area contributed by atoms with E-state index >= 15 is 0 Å². The first-order chi connectivity index (χ1) is 5.64. The van der Waals surface area contributed by atoms with Gasteiger partial charge in [-0.2, -0.15) is 0 Å². The first-order valence-corrected chi connectivity index (χ1v) is 4.04. The highest BCUT2D eigenvalue weighted by Crippen LogP contribution is 2.23. The molecule has 0 aromatic heterocycles. The zero-order valence-electron chi connectivity index (χ0n) is 7.58. The molecule has 1 heterocycles. The van der Waals surface area contributed by atoms with Crippen LogP contribution in [0.15, 0.2) is 5.16 Å². The summed E-state index contributed by atoms with van der Waals surface area (Å²) in [6, 6.07) is 0. The predicted octanol–water partition coefficient (Wildman–Crippen LogP) is 1.16. The van der Waals surface area contributed by atoms with Crippen molar-refractivity contribution in [3.63, 3.8) is 0 Å². The summed E-state index contributed by atoms with van der Waals surface area (Å²) in [5.41, 5.74) is 0. The second-order valence-electron chi connectivity index (χ2n) is 3.20. The van der Waals surface area contributed by atoms with E-state index in [1.807, 2.05) is 13.8 Å². The van der Waals surface area contributed by atoms with E-state index in [-0.39, 0.29) is 6.10 Å². The van der Waals surface area contributed by atoms with Gasteiger partial charge in [0, 0.05) is 13.1 Å². The average Bonchev–Trinajstić information content (AvgIpc) is 2.31. The van der Waals surface area contributed by atoms with E-state index in [4.69, 9.17) is 14.3 Å². The third-order valence-corrected chi connectivity index (χ3v) is 1.69. The highest BCUT2D eigenvalue weighted by molar-refractivity contribution is 5.21. The van der Waals surface area contributed by atoms with Gasteiger partial charge in [0.05, 0.1) is 12.7 Å². The molecule has 0 bridgehead atoms. The number of oxime groups is 1. The molecule has 0 unspecified atom stereocenters. The molecule has 0 aliphatic carbocycles. The molecule has 0 radical (unpaired) electrons. The van der Waals surface area contributed by atoms with Crippen molar-refractivity contribution in [1.29, 1.82) is 0 Å². The number of ether oxygens (including phenoxy) is 2. The Bertz CT molecular complexity index is 158. The zero-order chi connectivity index (χ0) is 9.03. The van der Waals surface area contributed by atoms with Crippen LogP contribution < -0.4 is 0 Å². The monoisotopic (exact) mass is 173 g/mol. The van der Waals surface area contributed by atoms with E-state index in [0.29, 0.717) is 13.2 Å². The molecule has 0 aromatic rings. The van der Waals surface area contributed by atoms with Crippen molar-refractivity contribution in [3.8, 4) is 0 Å². The predicted molar refractivity (Wildman–Crippen MR) is 45.0 cm³/mol. The molecule has 70 valence electrons. The van der Waals surface area contributed by atoms with Crippen LogP contribution in [0.1, 0.15) is 20.3 Å². The van der Waals surface area contributed by atoms with Crippen LogP contribution in [0.5, 0.6) is 0 Å². The lowest BCUT2D eigenvalue weighted by atomic mass is 10.3. The van der Waals surface area contributed by atoms with E-state index in [1.54, 1.807) is 0 Å². The van der Waals surface area contributed by atoms with Gasteiger partial charge in [0.1, 0.15) is 6.61 Å². The first kappa shape index (κ1) is 9.48. The number of hydrogen-bond acceptors (Lipinski definition) is 4. The Hall–Kier alpha value is -0.610. The molecule has 1 aliphatic rings. The minimum Gasteiger partial charge on any atom is -0.396 e. The van der Waals surface area contributed by atoms with Gasteiger partial charge >= 0.3 is 0 Å². The molecule has 0 N–H and O–H groups in total. The Morgan fingerprint density at radius 1 is 1.67 bits per heavy atom. The van der Waals surface area contributed by atoms with Gasteiger partial charge in [-0.25, -0.2) is 0 Å². The van der Waals surface area contributed by atoms with Crippen molar-refractivity contribution in [3.05, 3.63) is 0 Å². The van der Waals surface area contributed by atoms with Crippen LogP contribution in [-0.4, -0.2) is 31.8 Å². The van der Waals surface area contributed by atoms with Gasteiger partial charge in [-0.3, -0.25) is 0 Å². The molecule has 1 aliphatic heterocycles. The fourth-order valence-corrected chi connectivity index (χ4v) is 1.15. The van der Waals surface area contributed by atoms with Gasteiger partial charge in [0.25, 0.3) is 0 Å². The van der Waals surface area contributed by atoms with Crippen LogP contribution >= 0.6 is 0 Å². The number of rotatable bonds is 4. The first-order valence-electron chi connectivity index (χ1n) is 4.04. The van der Waals surface area contributed by atoms with Crippen LogP contribution in [0.3, 0.4) is 0 Å². The zero-order valence-corrected chi connectivity index (χ0v) is 7.58. The summed E-state index contributed by atoms with van der Waals surface area (Å²) in [4.78, 5) is 4.74. The second-order valence-corrected chi connectivity index (χ2v) is 3.20. The highest BCUT2D eigenvalue weighted by atomic mass is 16.7. The molecule has 1 atom stereocenters. The van der Waals surface area contributed by atoms with E-state index in [1.165, 1.54) is 0 Å². The molecular formula is C8H15NO3. The molecule has 1 fully saturated rings. The second kappa shape index (κ2) is 3.87. The summed E-state index contributed by atoms with van der Waals surface area (Å²) in [6.45, 7) is 8.18. The largest absolute Gasteiger partial charge is 0.396 e. The van der Waals surface area contributed by atoms with Gasteiger partial charge < -0.3 is 14.3 Å². The molecular weight excluding hydrogens is 158 g/mol. The van der Waals surface area contributed by atoms with Gasteiger partial charge in [-0.15, -0.1) is 5.16 Å². The fourth-order valence-electron chi connectivity index (χ4n) is 1.15. The molecule has 1 rings (SSSR count). The lowest BCUT2D eigenvalue weighted by Crippen LogP contribution is -2.21. The van der Waals surface area contributed by atoms with Gasteiger partial charge in [-0.1, -0.05) is 0 Å². The molecule has 4 nitrogen and oxygen atoms in total. The summed E-state index contributed by atoms with van der Waals surface area (Å²) in [5.74, 6) is -0.438. The van der Waals surface area contributed by atoms with Crippen molar-refractivity contribution in [2.75, 3.05) is 13.2 Å².